The summed E-state index contributed by atoms with van der Waals surface area (Å²) in [5.74, 6) is 0. The number of hydrogen-bond acceptors (Lipinski definition) is 1. The molecule has 1 amide bonds. The SMILES string of the molecule is O=C(Cl)N(c1ccccc1)c1cccc(C(F)(F)F)c1. The van der Waals surface area contributed by atoms with Gasteiger partial charge in [-0.1, -0.05) is 24.3 Å². The molecule has 0 aliphatic heterocycles. The van der Waals surface area contributed by atoms with E-state index >= 15 is 0 Å². The predicted octanol–water partition coefficient (Wildman–Crippen LogP) is 5.20. The molecule has 0 fully saturated rings. The third-order valence-corrected chi connectivity index (χ3v) is 2.79. The van der Waals surface area contributed by atoms with Crippen molar-refractivity contribution in [3.05, 3.63) is 60.2 Å². The fourth-order valence-electron chi connectivity index (χ4n) is 1.75. The highest BCUT2D eigenvalue weighted by molar-refractivity contribution is 6.66. The predicted molar refractivity (Wildman–Crippen MR) is 71.3 cm³/mol. The number of benzene rings is 2. The van der Waals surface area contributed by atoms with Crippen LogP contribution in [0, 0.1) is 0 Å². The third kappa shape index (κ3) is 3.11. The molecule has 0 spiro atoms. The molecule has 6 heteroatoms. The van der Waals surface area contributed by atoms with Crippen LogP contribution in [-0.2, 0) is 6.18 Å². The summed E-state index contributed by atoms with van der Waals surface area (Å²) in [6, 6.07) is 12.7. The molecule has 0 N–H and O–H groups in total. The minimum Gasteiger partial charge on any atom is -0.268 e. The van der Waals surface area contributed by atoms with Gasteiger partial charge in [-0.2, -0.15) is 13.2 Å². The van der Waals surface area contributed by atoms with Crippen LogP contribution in [0.5, 0.6) is 0 Å². The van der Waals surface area contributed by atoms with Crippen molar-refractivity contribution >= 4 is 28.3 Å². The average molecular weight is 300 g/mol. The number of carbonyl (C=O) groups is 1. The first-order valence-electron chi connectivity index (χ1n) is 5.61. The van der Waals surface area contributed by atoms with Crippen LogP contribution in [-0.4, -0.2) is 5.37 Å². The summed E-state index contributed by atoms with van der Waals surface area (Å²) in [5.41, 5.74) is -0.383. The standard InChI is InChI=1S/C14H9ClF3NO/c15-13(20)19(11-6-2-1-3-7-11)12-8-4-5-10(9-12)14(16,17)18/h1-9H. The Morgan fingerprint density at radius 2 is 1.55 bits per heavy atom. The van der Waals surface area contributed by atoms with Gasteiger partial charge >= 0.3 is 11.5 Å². The molecule has 0 radical (unpaired) electrons. The number of amides is 1. The van der Waals surface area contributed by atoms with Crippen molar-refractivity contribution < 1.29 is 18.0 Å². The normalized spacial score (nSPS) is 11.2. The summed E-state index contributed by atoms with van der Waals surface area (Å²) < 4.78 is 38.1. The Morgan fingerprint density at radius 3 is 2.10 bits per heavy atom. The monoisotopic (exact) mass is 299 g/mol. The first-order chi connectivity index (χ1) is 9.39. The molecule has 0 aliphatic carbocycles. The zero-order chi connectivity index (χ0) is 14.8. The Labute approximate surface area is 118 Å². The van der Waals surface area contributed by atoms with Gasteiger partial charge < -0.3 is 0 Å². The maximum absolute atomic E-state index is 12.7. The maximum Gasteiger partial charge on any atom is 0.416 e. The van der Waals surface area contributed by atoms with Gasteiger partial charge in [0, 0.05) is 0 Å². The molecule has 0 heterocycles. The summed E-state index contributed by atoms with van der Waals surface area (Å²) in [4.78, 5) is 12.5. The molecule has 0 atom stereocenters. The van der Waals surface area contributed by atoms with Crippen molar-refractivity contribution in [3.8, 4) is 0 Å². The Kier molecular flexibility index (Phi) is 3.99. The topological polar surface area (TPSA) is 20.3 Å². The number of hydrogen-bond donors (Lipinski definition) is 0. The molecule has 2 nitrogen and oxygen atoms in total. The van der Waals surface area contributed by atoms with Gasteiger partial charge in [-0.3, -0.25) is 9.69 Å². The molecule has 2 aromatic carbocycles. The average Bonchev–Trinajstić information content (AvgIpc) is 2.39. The van der Waals surface area contributed by atoms with Crippen LogP contribution in [0.2, 0.25) is 0 Å². The second kappa shape index (κ2) is 5.54. The van der Waals surface area contributed by atoms with Crippen LogP contribution in [0.25, 0.3) is 0 Å². The summed E-state index contributed by atoms with van der Waals surface area (Å²) in [7, 11) is 0. The Hall–Kier alpha value is -2.01. The molecule has 0 aromatic heterocycles. The van der Waals surface area contributed by atoms with Crippen LogP contribution < -0.4 is 4.90 Å². The van der Waals surface area contributed by atoms with Gasteiger partial charge in [-0.05, 0) is 41.9 Å². The van der Waals surface area contributed by atoms with E-state index in [2.05, 4.69) is 0 Å². The fraction of sp³-hybridized carbons (Fsp3) is 0.0714. The number of rotatable bonds is 2. The first kappa shape index (κ1) is 14.4. The number of alkyl halides is 3. The molecule has 0 saturated heterocycles. The largest absolute Gasteiger partial charge is 0.416 e. The highest BCUT2D eigenvalue weighted by Gasteiger charge is 2.31. The van der Waals surface area contributed by atoms with Crippen molar-refractivity contribution in [1.29, 1.82) is 0 Å². The molecule has 2 rings (SSSR count). The van der Waals surface area contributed by atoms with Gasteiger partial charge in [0.05, 0.1) is 16.9 Å². The second-order valence-electron chi connectivity index (χ2n) is 3.97. The lowest BCUT2D eigenvalue weighted by molar-refractivity contribution is -0.137. The molecular weight excluding hydrogens is 291 g/mol. The zero-order valence-electron chi connectivity index (χ0n) is 10.1. The van der Waals surface area contributed by atoms with Crippen molar-refractivity contribution in [1.82, 2.24) is 0 Å². The highest BCUT2D eigenvalue weighted by atomic mass is 35.5. The third-order valence-electron chi connectivity index (χ3n) is 2.62. The van der Waals surface area contributed by atoms with Gasteiger partial charge in [0.1, 0.15) is 0 Å². The number of halogens is 4. The van der Waals surface area contributed by atoms with Gasteiger partial charge in [0.25, 0.3) is 0 Å². The lowest BCUT2D eigenvalue weighted by Gasteiger charge is -2.21. The quantitative estimate of drug-likeness (QED) is 0.551. The summed E-state index contributed by atoms with van der Waals surface area (Å²) >= 11 is 5.49. The zero-order valence-corrected chi connectivity index (χ0v) is 10.8. The van der Waals surface area contributed by atoms with Gasteiger partial charge in [0.2, 0.25) is 0 Å². The van der Waals surface area contributed by atoms with E-state index in [-0.39, 0.29) is 5.69 Å². The lowest BCUT2D eigenvalue weighted by atomic mass is 10.1. The number of carbonyl (C=O) groups excluding carboxylic acids is 1. The summed E-state index contributed by atoms with van der Waals surface area (Å²) in [6.07, 6.45) is -4.48. The Morgan fingerprint density at radius 1 is 0.950 bits per heavy atom. The smallest absolute Gasteiger partial charge is 0.268 e. The fourth-order valence-corrected chi connectivity index (χ4v) is 1.95. The number of para-hydroxylation sites is 1. The van der Waals surface area contributed by atoms with E-state index in [1.165, 1.54) is 12.1 Å². The van der Waals surface area contributed by atoms with E-state index in [0.717, 1.165) is 17.0 Å². The van der Waals surface area contributed by atoms with E-state index in [9.17, 15) is 18.0 Å². The van der Waals surface area contributed by atoms with E-state index in [1.54, 1.807) is 30.3 Å². The molecule has 0 saturated carbocycles. The van der Waals surface area contributed by atoms with E-state index in [4.69, 9.17) is 11.6 Å². The van der Waals surface area contributed by atoms with Crippen LogP contribution in [0.15, 0.2) is 54.6 Å². The van der Waals surface area contributed by atoms with Gasteiger partial charge in [-0.25, -0.2) is 0 Å². The van der Waals surface area contributed by atoms with Crippen LogP contribution >= 0.6 is 11.6 Å². The van der Waals surface area contributed by atoms with Crippen molar-refractivity contribution in [2.45, 2.75) is 6.18 Å². The number of nitrogens with zero attached hydrogens (tertiary/aromatic N) is 1. The second-order valence-corrected chi connectivity index (χ2v) is 4.30. The Balaban J connectivity index is 2.49. The molecule has 0 aliphatic rings. The van der Waals surface area contributed by atoms with E-state index < -0.39 is 17.1 Å². The van der Waals surface area contributed by atoms with Crippen molar-refractivity contribution in [2.24, 2.45) is 0 Å². The molecule has 2 aromatic rings. The van der Waals surface area contributed by atoms with Gasteiger partial charge in [0.15, 0.2) is 0 Å². The molecule has 104 valence electrons. The lowest BCUT2D eigenvalue weighted by Crippen LogP contribution is -2.20. The van der Waals surface area contributed by atoms with Gasteiger partial charge in [-0.15, -0.1) is 0 Å². The molecular formula is C14H9ClF3NO. The molecule has 20 heavy (non-hydrogen) atoms. The van der Waals surface area contributed by atoms with Crippen molar-refractivity contribution in [3.63, 3.8) is 0 Å². The first-order valence-corrected chi connectivity index (χ1v) is 5.99. The van der Waals surface area contributed by atoms with E-state index in [0.29, 0.717) is 5.69 Å². The summed E-state index contributed by atoms with van der Waals surface area (Å²) in [6.45, 7) is 0. The van der Waals surface area contributed by atoms with Crippen LogP contribution in [0.1, 0.15) is 5.56 Å². The van der Waals surface area contributed by atoms with Crippen LogP contribution in [0.3, 0.4) is 0 Å². The maximum atomic E-state index is 12.7. The Bertz CT molecular complexity index is 613. The summed E-state index contributed by atoms with van der Waals surface area (Å²) in [5, 5.41) is -0.879. The minimum absolute atomic E-state index is 0.0611. The highest BCUT2D eigenvalue weighted by Crippen LogP contribution is 2.34. The van der Waals surface area contributed by atoms with E-state index in [1.807, 2.05) is 0 Å². The number of anilines is 2. The molecule has 0 bridgehead atoms. The van der Waals surface area contributed by atoms with Crippen molar-refractivity contribution in [2.75, 3.05) is 4.90 Å². The minimum atomic E-state index is -4.48. The molecule has 0 unspecified atom stereocenters. The van der Waals surface area contributed by atoms with Crippen LogP contribution in [0.4, 0.5) is 29.3 Å².